The first-order valence-electron chi connectivity index (χ1n) is 5.41. The second kappa shape index (κ2) is 6.98. The molecule has 0 radical (unpaired) electrons. The van der Waals surface area contributed by atoms with Gasteiger partial charge in [0.15, 0.2) is 0 Å². The molecule has 0 saturated carbocycles. The maximum absolute atomic E-state index is 10.9. The third-order valence-corrected chi connectivity index (χ3v) is 3.42. The molecule has 0 aliphatic carbocycles. The third-order valence-electron chi connectivity index (χ3n) is 2.42. The molecule has 2 aromatic carbocycles. The van der Waals surface area contributed by atoms with Gasteiger partial charge in [-0.15, -0.1) is 12.4 Å². The van der Waals surface area contributed by atoms with Gasteiger partial charge >= 0.3 is 11.9 Å². The number of benzene rings is 2. The van der Waals surface area contributed by atoms with Gasteiger partial charge in [0.05, 0.1) is 11.1 Å². The molecule has 4 nitrogen and oxygen atoms in total. The maximum atomic E-state index is 10.9. The van der Waals surface area contributed by atoms with Crippen molar-refractivity contribution in [1.29, 1.82) is 0 Å². The van der Waals surface area contributed by atoms with E-state index in [-0.39, 0.29) is 23.5 Å². The number of rotatable bonds is 4. The quantitative estimate of drug-likeness (QED) is 0.901. The van der Waals surface area contributed by atoms with Gasteiger partial charge in [0.2, 0.25) is 0 Å². The summed E-state index contributed by atoms with van der Waals surface area (Å²) in [7, 11) is 0. The summed E-state index contributed by atoms with van der Waals surface area (Å²) in [5.74, 6) is -1.94. The Hall–Kier alpha value is -1.98. The van der Waals surface area contributed by atoms with Crippen molar-refractivity contribution in [3.8, 4) is 0 Å². The minimum atomic E-state index is -0.969. The van der Waals surface area contributed by atoms with E-state index in [2.05, 4.69) is 0 Å². The number of carboxylic acids is 2. The first-order chi connectivity index (χ1) is 9.06. The van der Waals surface area contributed by atoms with Crippen LogP contribution in [0.1, 0.15) is 20.7 Å². The van der Waals surface area contributed by atoms with Gasteiger partial charge in [0.1, 0.15) is 0 Å². The first kappa shape index (κ1) is 16.1. The summed E-state index contributed by atoms with van der Waals surface area (Å²) in [5.41, 5.74) is 0.454. The van der Waals surface area contributed by atoms with Crippen molar-refractivity contribution in [1.82, 2.24) is 0 Å². The molecule has 2 rings (SSSR count). The van der Waals surface area contributed by atoms with Gasteiger partial charge in [-0.3, -0.25) is 0 Å². The van der Waals surface area contributed by atoms with Gasteiger partial charge in [-0.05, 0) is 42.5 Å². The molecule has 0 aromatic heterocycles. The lowest BCUT2D eigenvalue weighted by Gasteiger charge is -2.03. The minimum absolute atomic E-state index is 0. The number of halogens is 1. The fourth-order valence-corrected chi connectivity index (χ4v) is 2.37. The zero-order chi connectivity index (χ0) is 13.8. The van der Waals surface area contributed by atoms with Crippen LogP contribution >= 0.6 is 24.2 Å². The molecule has 0 amide bonds. The van der Waals surface area contributed by atoms with E-state index < -0.39 is 11.9 Å². The van der Waals surface area contributed by atoms with E-state index in [1.54, 1.807) is 24.3 Å². The molecule has 0 unspecified atom stereocenters. The van der Waals surface area contributed by atoms with Gasteiger partial charge in [-0.1, -0.05) is 17.8 Å². The number of hydrogen-bond acceptors (Lipinski definition) is 3. The molecule has 0 spiro atoms. The minimum Gasteiger partial charge on any atom is -0.478 e. The van der Waals surface area contributed by atoms with Crippen LogP contribution in [0.15, 0.2) is 58.3 Å². The van der Waals surface area contributed by atoms with Crippen LogP contribution in [0.2, 0.25) is 0 Å². The molecule has 0 aliphatic rings. The van der Waals surface area contributed by atoms with Crippen molar-refractivity contribution in [2.75, 3.05) is 0 Å². The van der Waals surface area contributed by atoms with Crippen LogP contribution in [0.5, 0.6) is 0 Å². The van der Waals surface area contributed by atoms with Gasteiger partial charge in [0.25, 0.3) is 0 Å². The summed E-state index contributed by atoms with van der Waals surface area (Å²) in [6, 6.07) is 13.0. The zero-order valence-corrected chi connectivity index (χ0v) is 11.8. The number of hydrogen-bond donors (Lipinski definition) is 2. The monoisotopic (exact) mass is 310 g/mol. The largest absolute Gasteiger partial charge is 0.478 e. The zero-order valence-electron chi connectivity index (χ0n) is 10.1. The van der Waals surface area contributed by atoms with Gasteiger partial charge in [-0.2, -0.15) is 0 Å². The van der Waals surface area contributed by atoms with Crippen molar-refractivity contribution >= 4 is 36.1 Å². The van der Waals surface area contributed by atoms with E-state index in [0.717, 1.165) is 9.79 Å². The fourth-order valence-electron chi connectivity index (χ4n) is 1.49. The third kappa shape index (κ3) is 4.01. The lowest BCUT2D eigenvalue weighted by molar-refractivity contribution is 0.0686. The van der Waals surface area contributed by atoms with Gasteiger partial charge in [-0.25, -0.2) is 9.59 Å². The highest BCUT2D eigenvalue weighted by Gasteiger charge is 2.05. The lowest BCUT2D eigenvalue weighted by Crippen LogP contribution is -1.95. The van der Waals surface area contributed by atoms with Crippen LogP contribution in [0.3, 0.4) is 0 Å². The highest BCUT2D eigenvalue weighted by molar-refractivity contribution is 7.99. The Morgan fingerprint density at radius 2 is 1.40 bits per heavy atom. The molecular formula is C14H11ClO4S. The van der Waals surface area contributed by atoms with Crippen molar-refractivity contribution in [2.45, 2.75) is 9.79 Å². The van der Waals surface area contributed by atoms with Gasteiger partial charge in [0, 0.05) is 9.79 Å². The van der Waals surface area contributed by atoms with Crippen molar-refractivity contribution in [2.24, 2.45) is 0 Å². The predicted octanol–water partition coefficient (Wildman–Crippen LogP) is 3.66. The van der Waals surface area contributed by atoms with Crippen LogP contribution < -0.4 is 0 Å². The smallest absolute Gasteiger partial charge is 0.335 e. The fraction of sp³-hybridized carbons (Fsp3) is 0. The molecule has 2 N–H and O–H groups in total. The Labute approximate surface area is 125 Å². The molecule has 0 fully saturated rings. The molecular weight excluding hydrogens is 300 g/mol. The Morgan fingerprint density at radius 3 is 1.95 bits per heavy atom. The standard InChI is InChI=1S/C14H10O4S.ClH/c15-13(16)9-4-6-11(7-5-9)19-12-3-1-2-10(8-12)14(17)18;/h1-8H,(H,15,16)(H,17,18);1H. The Kier molecular flexibility index (Phi) is 5.61. The predicted molar refractivity (Wildman–Crippen MR) is 78.2 cm³/mol. The molecule has 0 aliphatic heterocycles. The molecule has 2 aromatic rings. The normalized spacial score (nSPS) is 9.60. The SMILES string of the molecule is Cl.O=C(O)c1ccc(Sc2cccc(C(=O)O)c2)cc1. The van der Waals surface area contributed by atoms with Crippen LogP contribution in [0, 0.1) is 0 Å². The van der Waals surface area contributed by atoms with Crippen LogP contribution in [-0.2, 0) is 0 Å². The summed E-state index contributed by atoms with van der Waals surface area (Å²) >= 11 is 1.38. The summed E-state index contributed by atoms with van der Waals surface area (Å²) in [6.07, 6.45) is 0. The van der Waals surface area contributed by atoms with Crippen molar-refractivity contribution in [3.05, 3.63) is 59.7 Å². The van der Waals surface area contributed by atoms with Crippen molar-refractivity contribution < 1.29 is 19.8 Å². The van der Waals surface area contributed by atoms with E-state index >= 15 is 0 Å². The topological polar surface area (TPSA) is 74.6 Å². The van der Waals surface area contributed by atoms with Crippen molar-refractivity contribution in [3.63, 3.8) is 0 Å². The highest BCUT2D eigenvalue weighted by atomic mass is 35.5. The summed E-state index contributed by atoms with van der Waals surface area (Å²) in [5, 5.41) is 17.7. The van der Waals surface area contributed by atoms with Crippen LogP contribution in [0.4, 0.5) is 0 Å². The van der Waals surface area contributed by atoms with E-state index in [0.29, 0.717) is 0 Å². The molecule has 104 valence electrons. The van der Waals surface area contributed by atoms with Crippen LogP contribution in [0.25, 0.3) is 0 Å². The van der Waals surface area contributed by atoms with Gasteiger partial charge < -0.3 is 10.2 Å². The lowest BCUT2D eigenvalue weighted by atomic mass is 10.2. The number of carbonyl (C=O) groups is 2. The molecule has 0 saturated heterocycles. The maximum Gasteiger partial charge on any atom is 0.335 e. The second-order valence-electron chi connectivity index (χ2n) is 3.76. The summed E-state index contributed by atoms with van der Waals surface area (Å²) in [4.78, 5) is 23.2. The van der Waals surface area contributed by atoms with Crippen LogP contribution in [-0.4, -0.2) is 22.2 Å². The summed E-state index contributed by atoms with van der Waals surface area (Å²) in [6.45, 7) is 0. The molecule has 20 heavy (non-hydrogen) atoms. The Balaban J connectivity index is 0.00000200. The molecule has 0 heterocycles. The average Bonchev–Trinajstić information content (AvgIpc) is 2.39. The molecule has 0 bridgehead atoms. The highest BCUT2D eigenvalue weighted by Crippen LogP contribution is 2.28. The van der Waals surface area contributed by atoms with E-state index in [4.69, 9.17) is 10.2 Å². The number of carboxylic acid groups (broad SMARTS) is 2. The van der Waals surface area contributed by atoms with E-state index in [9.17, 15) is 9.59 Å². The summed E-state index contributed by atoms with van der Waals surface area (Å²) < 4.78 is 0. The first-order valence-corrected chi connectivity index (χ1v) is 6.22. The van der Waals surface area contributed by atoms with E-state index in [1.165, 1.54) is 30.0 Å². The number of aromatic carboxylic acids is 2. The second-order valence-corrected chi connectivity index (χ2v) is 4.91. The average molecular weight is 311 g/mol. The Bertz CT molecular complexity index is 625. The molecule has 6 heteroatoms. The Morgan fingerprint density at radius 1 is 0.800 bits per heavy atom. The van der Waals surface area contributed by atoms with E-state index in [1.807, 2.05) is 6.07 Å². The molecule has 0 atom stereocenters.